The SMILES string of the molecule is Cc1cc2c(cc1C(=O)N1CCC(Cc3ccc(F)cc3)CC1)c(C(=O)C(=O)N1CCC1)cn2C. The third kappa shape index (κ3) is 4.47. The first-order valence-corrected chi connectivity index (χ1v) is 12.3. The average Bonchev–Trinajstić information content (AvgIpc) is 3.13. The van der Waals surface area contributed by atoms with Gasteiger partial charge in [-0.25, -0.2) is 4.39 Å². The molecule has 0 atom stereocenters. The smallest absolute Gasteiger partial charge is 0.295 e. The molecule has 0 radical (unpaired) electrons. The van der Waals surface area contributed by atoms with E-state index in [0.717, 1.165) is 42.3 Å². The molecule has 2 fully saturated rings. The number of carbonyl (C=O) groups is 3. The number of carbonyl (C=O) groups excluding carboxylic acids is 3. The summed E-state index contributed by atoms with van der Waals surface area (Å²) in [5, 5.41) is 0.645. The maximum Gasteiger partial charge on any atom is 0.295 e. The van der Waals surface area contributed by atoms with Crippen molar-refractivity contribution in [3.05, 3.63) is 70.7 Å². The first-order valence-electron chi connectivity index (χ1n) is 12.3. The van der Waals surface area contributed by atoms with Crippen LogP contribution in [0.2, 0.25) is 0 Å². The number of benzene rings is 2. The number of nitrogens with zero attached hydrogens (tertiary/aromatic N) is 3. The van der Waals surface area contributed by atoms with Gasteiger partial charge >= 0.3 is 0 Å². The molecular formula is C28H30FN3O3. The predicted molar refractivity (Wildman–Crippen MR) is 132 cm³/mol. The fourth-order valence-corrected chi connectivity index (χ4v) is 5.19. The molecule has 0 spiro atoms. The molecule has 7 heteroatoms. The van der Waals surface area contributed by atoms with Gasteiger partial charge in [-0.05, 0) is 73.9 Å². The van der Waals surface area contributed by atoms with Crippen LogP contribution in [0.5, 0.6) is 0 Å². The van der Waals surface area contributed by atoms with Crippen molar-refractivity contribution < 1.29 is 18.8 Å². The Morgan fingerprint density at radius 2 is 1.63 bits per heavy atom. The zero-order chi connectivity index (χ0) is 24.7. The topological polar surface area (TPSA) is 62.6 Å². The summed E-state index contributed by atoms with van der Waals surface area (Å²) in [5.74, 6) is -0.797. The number of hydrogen-bond donors (Lipinski definition) is 0. The van der Waals surface area contributed by atoms with Crippen LogP contribution in [0.1, 0.15) is 51.1 Å². The lowest BCUT2D eigenvalue weighted by atomic mass is 9.89. The number of halogens is 1. The van der Waals surface area contributed by atoms with Crippen molar-refractivity contribution in [2.45, 2.75) is 32.6 Å². The maximum atomic E-state index is 13.5. The number of rotatable bonds is 5. The molecule has 0 N–H and O–H groups in total. The van der Waals surface area contributed by atoms with Crippen molar-refractivity contribution in [2.24, 2.45) is 13.0 Å². The van der Waals surface area contributed by atoms with Crippen LogP contribution in [-0.4, -0.2) is 58.1 Å². The zero-order valence-electron chi connectivity index (χ0n) is 20.2. The Labute approximate surface area is 204 Å². The Balaban J connectivity index is 1.33. The van der Waals surface area contributed by atoms with Crippen LogP contribution in [-0.2, 0) is 18.3 Å². The van der Waals surface area contributed by atoms with Crippen molar-refractivity contribution in [1.82, 2.24) is 14.4 Å². The van der Waals surface area contributed by atoms with E-state index in [9.17, 15) is 18.8 Å². The molecule has 0 bridgehead atoms. The number of amides is 2. The second-order valence-corrected chi connectivity index (χ2v) is 9.88. The number of hydrogen-bond acceptors (Lipinski definition) is 3. The van der Waals surface area contributed by atoms with Crippen LogP contribution in [0, 0.1) is 18.7 Å². The summed E-state index contributed by atoms with van der Waals surface area (Å²) in [6.07, 6.45) is 5.29. The van der Waals surface area contributed by atoms with E-state index in [1.54, 1.807) is 17.2 Å². The normalized spacial score (nSPS) is 16.4. The van der Waals surface area contributed by atoms with E-state index in [1.165, 1.54) is 12.1 Å². The highest BCUT2D eigenvalue weighted by atomic mass is 19.1. The molecule has 2 amide bonds. The fourth-order valence-electron chi connectivity index (χ4n) is 5.19. The minimum Gasteiger partial charge on any atom is -0.350 e. The number of Topliss-reactive ketones (excluding diaryl/α,β-unsaturated/α-hetero) is 1. The average molecular weight is 476 g/mol. The number of aryl methyl sites for hydroxylation is 2. The van der Waals surface area contributed by atoms with Crippen molar-refractivity contribution in [3.63, 3.8) is 0 Å². The summed E-state index contributed by atoms with van der Waals surface area (Å²) < 4.78 is 15.0. The molecule has 182 valence electrons. The quantitative estimate of drug-likeness (QED) is 0.412. The molecule has 3 heterocycles. The lowest BCUT2D eigenvalue weighted by Gasteiger charge is -2.32. The van der Waals surface area contributed by atoms with Crippen molar-refractivity contribution in [2.75, 3.05) is 26.2 Å². The van der Waals surface area contributed by atoms with Crippen molar-refractivity contribution in [1.29, 1.82) is 0 Å². The molecule has 1 aromatic heterocycles. The zero-order valence-corrected chi connectivity index (χ0v) is 20.2. The summed E-state index contributed by atoms with van der Waals surface area (Å²) in [6.45, 7) is 4.48. The highest BCUT2D eigenvalue weighted by Crippen LogP contribution is 2.29. The van der Waals surface area contributed by atoms with E-state index in [1.807, 2.05) is 41.6 Å². The lowest BCUT2D eigenvalue weighted by molar-refractivity contribution is -0.129. The Morgan fingerprint density at radius 3 is 2.26 bits per heavy atom. The molecule has 6 nitrogen and oxygen atoms in total. The number of ketones is 1. The number of aromatic nitrogens is 1. The molecule has 0 unspecified atom stereocenters. The van der Waals surface area contributed by atoms with Crippen LogP contribution in [0.3, 0.4) is 0 Å². The van der Waals surface area contributed by atoms with Crippen LogP contribution in [0.25, 0.3) is 10.9 Å². The molecule has 5 rings (SSSR count). The minimum absolute atomic E-state index is 0.0408. The van der Waals surface area contributed by atoms with Gasteiger partial charge in [-0.3, -0.25) is 14.4 Å². The third-order valence-corrected chi connectivity index (χ3v) is 7.49. The van der Waals surface area contributed by atoms with Crippen LogP contribution >= 0.6 is 0 Å². The monoisotopic (exact) mass is 475 g/mol. The Bertz CT molecular complexity index is 1300. The highest BCUT2D eigenvalue weighted by molar-refractivity contribution is 6.45. The Morgan fingerprint density at radius 1 is 0.943 bits per heavy atom. The van der Waals surface area contributed by atoms with Gasteiger partial charge in [0.1, 0.15) is 5.82 Å². The van der Waals surface area contributed by atoms with E-state index in [2.05, 4.69) is 0 Å². The molecular weight excluding hydrogens is 445 g/mol. The van der Waals surface area contributed by atoms with Gasteiger partial charge in [-0.2, -0.15) is 0 Å². The van der Waals surface area contributed by atoms with Gasteiger partial charge in [-0.15, -0.1) is 0 Å². The van der Waals surface area contributed by atoms with Crippen LogP contribution < -0.4 is 0 Å². The molecule has 2 aliphatic heterocycles. The summed E-state index contributed by atoms with van der Waals surface area (Å²) in [4.78, 5) is 42.4. The first kappa shape index (κ1) is 23.3. The summed E-state index contributed by atoms with van der Waals surface area (Å²) in [6, 6.07) is 10.4. The van der Waals surface area contributed by atoms with Crippen LogP contribution in [0.4, 0.5) is 4.39 Å². The van der Waals surface area contributed by atoms with E-state index in [0.29, 0.717) is 48.6 Å². The Kier molecular flexibility index (Phi) is 6.17. The fraction of sp³-hybridized carbons (Fsp3) is 0.393. The number of fused-ring (bicyclic) bond motifs is 1. The van der Waals surface area contributed by atoms with Crippen LogP contribution in [0.15, 0.2) is 42.6 Å². The maximum absolute atomic E-state index is 13.5. The van der Waals surface area contributed by atoms with Crippen molar-refractivity contribution in [3.8, 4) is 0 Å². The van der Waals surface area contributed by atoms with E-state index < -0.39 is 11.7 Å². The second kappa shape index (κ2) is 9.29. The van der Waals surface area contributed by atoms with E-state index in [-0.39, 0.29) is 11.7 Å². The predicted octanol–water partition coefficient (Wildman–Crippen LogP) is 4.14. The van der Waals surface area contributed by atoms with Gasteiger partial charge in [0.05, 0.1) is 5.56 Å². The van der Waals surface area contributed by atoms with Gasteiger partial charge < -0.3 is 14.4 Å². The lowest BCUT2D eigenvalue weighted by Crippen LogP contribution is -2.45. The Hall–Kier alpha value is -3.48. The molecule has 3 aromatic rings. The summed E-state index contributed by atoms with van der Waals surface area (Å²) >= 11 is 0. The highest BCUT2D eigenvalue weighted by Gasteiger charge is 2.30. The molecule has 0 aliphatic carbocycles. The molecule has 2 aliphatic rings. The summed E-state index contributed by atoms with van der Waals surface area (Å²) in [7, 11) is 1.85. The molecule has 2 aromatic carbocycles. The number of piperidine rings is 1. The van der Waals surface area contributed by atoms with Gasteiger partial charge in [0, 0.05) is 55.9 Å². The second-order valence-electron chi connectivity index (χ2n) is 9.88. The van der Waals surface area contributed by atoms with E-state index in [4.69, 9.17) is 0 Å². The molecule has 35 heavy (non-hydrogen) atoms. The van der Waals surface area contributed by atoms with Gasteiger partial charge in [-0.1, -0.05) is 12.1 Å². The van der Waals surface area contributed by atoms with Gasteiger partial charge in [0.25, 0.3) is 17.6 Å². The van der Waals surface area contributed by atoms with Gasteiger partial charge in [0.15, 0.2) is 0 Å². The first-order chi connectivity index (χ1) is 16.8. The van der Waals surface area contributed by atoms with Gasteiger partial charge in [0.2, 0.25) is 0 Å². The molecule has 0 saturated carbocycles. The summed E-state index contributed by atoms with van der Waals surface area (Å²) in [5.41, 5.74) is 3.73. The number of likely N-dealkylation sites (tertiary alicyclic amines) is 2. The standard InChI is InChI=1S/C28H30FN3O3/c1-18-14-25-23(24(17-30(25)2)26(33)28(35)31-10-3-11-31)16-22(18)27(34)32-12-8-20(9-13-32)15-19-4-6-21(29)7-5-19/h4-7,14,16-17,20H,3,8-13,15H2,1-2H3. The van der Waals surface area contributed by atoms with Crippen molar-refractivity contribution >= 4 is 28.5 Å². The third-order valence-electron chi connectivity index (χ3n) is 7.49. The largest absolute Gasteiger partial charge is 0.350 e. The van der Waals surface area contributed by atoms with E-state index >= 15 is 0 Å². The minimum atomic E-state index is -0.515. The molecule has 2 saturated heterocycles.